The Kier molecular flexibility index (Phi) is 7.83. The topological polar surface area (TPSA) is 3.24 Å². The summed E-state index contributed by atoms with van der Waals surface area (Å²) in [6, 6.07) is 9.35. The fourth-order valence-corrected chi connectivity index (χ4v) is 3.59. The summed E-state index contributed by atoms with van der Waals surface area (Å²) in [5.41, 5.74) is 2.93. The molecule has 0 radical (unpaired) electrons. The number of rotatable bonds is 9. The van der Waals surface area contributed by atoms with E-state index < -0.39 is 0 Å². The third-order valence-electron chi connectivity index (χ3n) is 5.20. The number of nitrogens with zero attached hydrogens (tertiary/aromatic N) is 1. The molecular formula is C21H35N. The van der Waals surface area contributed by atoms with Gasteiger partial charge in [-0.25, -0.2) is 0 Å². The summed E-state index contributed by atoms with van der Waals surface area (Å²) in [4.78, 5) is 2.59. The maximum Gasteiger partial charge on any atom is 0.0366 e. The number of hydrogen-bond donors (Lipinski definition) is 0. The number of anilines is 1. The molecule has 1 heteroatoms. The van der Waals surface area contributed by atoms with Crippen LogP contribution in [0.25, 0.3) is 0 Å². The number of aryl methyl sites for hydroxylation is 1. The summed E-state index contributed by atoms with van der Waals surface area (Å²) in [6.07, 6.45) is 13.7. The van der Waals surface area contributed by atoms with Crippen molar-refractivity contribution < 1.29 is 0 Å². The fourth-order valence-electron chi connectivity index (χ4n) is 3.59. The van der Waals surface area contributed by atoms with Crippen molar-refractivity contribution in [2.75, 3.05) is 18.0 Å². The largest absolute Gasteiger partial charge is 0.372 e. The second-order valence-corrected chi connectivity index (χ2v) is 7.05. The normalized spacial score (nSPS) is 16.2. The molecule has 0 unspecified atom stereocenters. The zero-order chi connectivity index (χ0) is 15.6. The highest BCUT2D eigenvalue weighted by Gasteiger charge is 2.18. The van der Waals surface area contributed by atoms with Crippen molar-refractivity contribution in [1.29, 1.82) is 0 Å². The van der Waals surface area contributed by atoms with Crippen LogP contribution >= 0.6 is 0 Å². The van der Waals surface area contributed by atoms with Crippen LogP contribution in [0.2, 0.25) is 0 Å². The standard InChI is InChI=1S/C21H35N/c1-3-5-7-8-10-20-15-17-22(18-16-20)21-13-11-19(12-14-21)9-6-4-2/h11-14,20H,3-10,15-18H2,1-2H3. The van der Waals surface area contributed by atoms with Crippen LogP contribution in [0, 0.1) is 5.92 Å². The average Bonchev–Trinajstić information content (AvgIpc) is 2.58. The Balaban J connectivity index is 1.72. The molecule has 0 bridgehead atoms. The molecule has 1 aliphatic rings. The summed E-state index contributed by atoms with van der Waals surface area (Å²) >= 11 is 0. The third-order valence-corrected chi connectivity index (χ3v) is 5.20. The minimum atomic E-state index is 0.983. The molecule has 0 N–H and O–H groups in total. The van der Waals surface area contributed by atoms with Crippen LogP contribution < -0.4 is 4.90 Å². The second kappa shape index (κ2) is 9.92. The van der Waals surface area contributed by atoms with Crippen molar-refractivity contribution >= 4 is 5.69 Å². The Morgan fingerprint density at radius 2 is 1.55 bits per heavy atom. The van der Waals surface area contributed by atoms with Gasteiger partial charge in [0, 0.05) is 18.8 Å². The maximum absolute atomic E-state index is 2.59. The first-order chi connectivity index (χ1) is 10.8. The minimum Gasteiger partial charge on any atom is -0.372 e. The molecule has 0 aliphatic carbocycles. The Hall–Kier alpha value is -0.980. The lowest BCUT2D eigenvalue weighted by atomic mass is 9.91. The van der Waals surface area contributed by atoms with Gasteiger partial charge in [-0.05, 0) is 49.3 Å². The van der Waals surface area contributed by atoms with Crippen LogP contribution in [0.3, 0.4) is 0 Å². The molecule has 1 aromatic carbocycles. The van der Waals surface area contributed by atoms with Gasteiger partial charge >= 0.3 is 0 Å². The molecule has 2 rings (SSSR count). The Bertz CT molecular complexity index is 387. The zero-order valence-electron chi connectivity index (χ0n) is 14.8. The van der Waals surface area contributed by atoms with Gasteiger partial charge in [0.15, 0.2) is 0 Å². The molecule has 22 heavy (non-hydrogen) atoms. The predicted octanol–water partition coefficient (Wildman–Crippen LogP) is 6.22. The van der Waals surface area contributed by atoms with E-state index in [-0.39, 0.29) is 0 Å². The Morgan fingerprint density at radius 3 is 2.18 bits per heavy atom. The molecule has 0 spiro atoms. The average molecular weight is 302 g/mol. The number of benzene rings is 1. The van der Waals surface area contributed by atoms with Gasteiger partial charge < -0.3 is 4.90 Å². The molecule has 0 amide bonds. The van der Waals surface area contributed by atoms with Gasteiger partial charge in [0.1, 0.15) is 0 Å². The van der Waals surface area contributed by atoms with Gasteiger partial charge in [-0.15, -0.1) is 0 Å². The van der Waals surface area contributed by atoms with Crippen LogP contribution in [-0.4, -0.2) is 13.1 Å². The minimum absolute atomic E-state index is 0.983. The summed E-state index contributed by atoms with van der Waals surface area (Å²) < 4.78 is 0. The van der Waals surface area contributed by atoms with Crippen LogP contribution in [0.5, 0.6) is 0 Å². The third kappa shape index (κ3) is 5.66. The predicted molar refractivity (Wildman–Crippen MR) is 98.8 cm³/mol. The van der Waals surface area contributed by atoms with Gasteiger partial charge in [0.05, 0.1) is 0 Å². The van der Waals surface area contributed by atoms with E-state index in [0.29, 0.717) is 0 Å². The fraction of sp³-hybridized carbons (Fsp3) is 0.714. The van der Waals surface area contributed by atoms with Crippen molar-refractivity contribution in [3.63, 3.8) is 0 Å². The zero-order valence-corrected chi connectivity index (χ0v) is 14.8. The van der Waals surface area contributed by atoms with Crippen LogP contribution in [0.4, 0.5) is 5.69 Å². The number of hydrogen-bond acceptors (Lipinski definition) is 1. The van der Waals surface area contributed by atoms with Crippen molar-refractivity contribution in [3.8, 4) is 0 Å². The van der Waals surface area contributed by atoms with Crippen molar-refractivity contribution in [1.82, 2.24) is 0 Å². The lowest BCUT2D eigenvalue weighted by molar-refractivity contribution is 0.367. The van der Waals surface area contributed by atoms with E-state index >= 15 is 0 Å². The van der Waals surface area contributed by atoms with E-state index in [1.807, 2.05) is 0 Å². The van der Waals surface area contributed by atoms with E-state index in [1.165, 1.54) is 88.5 Å². The summed E-state index contributed by atoms with van der Waals surface area (Å²) in [5.74, 6) is 0.983. The van der Waals surface area contributed by atoms with E-state index in [4.69, 9.17) is 0 Å². The van der Waals surface area contributed by atoms with Gasteiger partial charge in [-0.1, -0.05) is 64.5 Å². The van der Waals surface area contributed by atoms with Gasteiger partial charge in [0.2, 0.25) is 0 Å². The number of unbranched alkanes of at least 4 members (excludes halogenated alkanes) is 4. The molecular weight excluding hydrogens is 266 g/mol. The van der Waals surface area contributed by atoms with E-state index in [0.717, 1.165) is 5.92 Å². The van der Waals surface area contributed by atoms with Crippen LogP contribution in [-0.2, 0) is 6.42 Å². The summed E-state index contributed by atoms with van der Waals surface area (Å²) in [5, 5.41) is 0. The molecule has 0 aromatic heterocycles. The van der Waals surface area contributed by atoms with E-state index in [9.17, 15) is 0 Å². The highest BCUT2D eigenvalue weighted by atomic mass is 15.1. The first-order valence-corrected chi connectivity index (χ1v) is 9.67. The molecule has 124 valence electrons. The molecule has 1 aliphatic heterocycles. The molecule has 1 nitrogen and oxygen atoms in total. The SMILES string of the molecule is CCCCCCC1CCN(c2ccc(CCCC)cc2)CC1. The monoisotopic (exact) mass is 301 g/mol. The number of piperidine rings is 1. The van der Waals surface area contributed by atoms with Crippen LogP contribution in [0.1, 0.15) is 77.2 Å². The van der Waals surface area contributed by atoms with Gasteiger partial charge in [-0.2, -0.15) is 0 Å². The quantitative estimate of drug-likeness (QED) is 0.490. The summed E-state index contributed by atoms with van der Waals surface area (Å²) in [6.45, 7) is 7.08. The first-order valence-electron chi connectivity index (χ1n) is 9.67. The van der Waals surface area contributed by atoms with Gasteiger partial charge in [0.25, 0.3) is 0 Å². The molecule has 0 saturated carbocycles. The van der Waals surface area contributed by atoms with Crippen molar-refractivity contribution in [2.24, 2.45) is 5.92 Å². The molecule has 1 aromatic rings. The Labute approximate surface area is 138 Å². The molecule has 0 atom stereocenters. The molecule has 1 fully saturated rings. The van der Waals surface area contributed by atoms with Crippen LogP contribution in [0.15, 0.2) is 24.3 Å². The molecule has 1 saturated heterocycles. The van der Waals surface area contributed by atoms with E-state index in [1.54, 1.807) is 0 Å². The smallest absolute Gasteiger partial charge is 0.0366 e. The second-order valence-electron chi connectivity index (χ2n) is 7.05. The van der Waals surface area contributed by atoms with Crippen molar-refractivity contribution in [2.45, 2.75) is 78.1 Å². The van der Waals surface area contributed by atoms with E-state index in [2.05, 4.69) is 43.0 Å². The summed E-state index contributed by atoms with van der Waals surface area (Å²) in [7, 11) is 0. The lowest BCUT2D eigenvalue weighted by Gasteiger charge is -2.33. The first kappa shape index (κ1) is 17.4. The van der Waals surface area contributed by atoms with Gasteiger partial charge in [-0.3, -0.25) is 0 Å². The highest BCUT2D eigenvalue weighted by molar-refractivity contribution is 5.48. The Morgan fingerprint density at radius 1 is 0.864 bits per heavy atom. The highest BCUT2D eigenvalue weighted by Crippen LogP contribution is 2.27. The van der Waals surface area contributed by atoms with Crippen molar-refractivity contribution in [3.05, 3.63) is 29.8 Å². The lowest BCUT2D eigenvalue weighted by Crippen LogP contribution is -2.33. The maximum atomic E-state index is 2.59. The molecule has 1 heterocycles.